The Morgan fingerprint density at radius 2 is 1.93 bits per heavy atom. The molecule has 1 spiro atoms. The molecule has 6 rings (SSSR count). The quantitative estimate of drug-likeness (QED) is 0.393. The summed E-state index contributed by atoms with van der Waals surface area (Å²) in [5, 5.41) is 6.28. The summed E-state index contributed by atoms with van der Waals surface area (Å²) in [6.07, 6.45) is -1.11. The average Bonchev–Trinajstić information content (AvgIpc) is 3.46. The first-order valence-corrected chi connectivity index (χ1v) is 14.7. The number of hydrogen-bond donors (Lipinski definition) is 2. The number of nitrogens with zero attached hydrogens (tertiary/aromatic N) is 4. The highest BCUT2D eigenvalue weighted by molar-refractivity contribution is 5.96. The van der Waals surface area contributed by atoms with E-state index in [1.807, 2.05) is 13.0 Å². The number of carbonyl (C=O) groups is 2. The zero-order chi connectivity index (χ0) is 31.1. The van der Waals surface area contributed by atoms with Crippen LogP contribution in [0.2, 0.25) is 0 Å². The van der Waals surface area contributed by atoms with Gasteiger partial charge in [0.05, 0.1) is 17.9 Å². The molecular formula is C31H33F3N6O4. The number of alkyl halides is 3. The number of hydrogen-bond acceptors (Lipinski definition) is 8. The monoisotopic (exact) mass is 610 g/mol. The van der Waals surface area contributed by atoms with Gasteiger partial charge >= 0.3 is 6.18 Å². The second kappa shape index (κ2) is 11.7. The summed E-state index contributed by atoms with van der Waals surface area (Å²) < 4.78 is 51.8. The molecule has 1 aliphatic carbocycles. The number of aromatic nitrogens is 3. The summed E-state index contributed by atoms with van der Waals surface area (Å²) in [4.78, 5) is 40.4. The maximum atomic E-state index is 13.4. The highest BCUT2D eigenvalue weighted by Gasteiger charge is 2.55. The molecule has 1 saturated carbocycles. The Bertz CT molecular complexity index is 1560. The van der Waals surface area contributed by atoms with E-state index in [4.69, 9.17) is 14.5 Å². The molecule has 3 fully saturated rings. The first-order valence-electron chi connectivity index (χ1n) is 14.7. The van der Waals surface area contributed by atoms with Crippen molar-refractivity contribution in [1.82, 2.24) is 30.5 Å². The minimum atomic E-state index is -4.63. The van der Waals surface area contributed by atoms with Crippen LogP contribution >= 0.6 is 0 Å². The van der Waals surface area contributed by atoms with Crippen molar-refractivity contribution in [2.45, 2.75) is 51.4 Å². The molecule has 1 unspecified atom stereocenters. The summed E-state index contributed by atoms with van der Waals surface area (Å²) in [5.41, 5.74) is -0.116. The van der Waals surface area contributed by atoms with Crippen molar-refractivity contribution in [3.05, 3.63) is 65.2 Å². The second-order valence-corrected chi connectivity index (χ2v) is 11.7. The molecule has 0 radical (unpaired) electrons. The molecule has 5 heterocycles. The maximum absolute atomic E-state index is 13.4. The van der Waals surface area contributed by atoms with E-state index in [1.54, 1.807) is 24.4 Å². The molecule has 0 bridgehead atoms. The van der Waals surface area contributed by atoms with Crippen LogP contribution < -0.4 is 20.1 Å². The standard InChI is InChI=1S/C31H33F3N6O4/c1-3-43-28-21(5-4-11-36-28)22-8-9-24(25(38-22)27(41)37-19-10-12-35-15-19)44-20-13-30(14-20)16-40(17-30)29(42)23-7-6-18(2)26(39-23)31(32,33)34/h4-9,11,19-20,35H,3,10,12-17H2,1-2H3,(H,37,41). The van der Waals surface area contributed by atoms with Crippen molar-refractivity contribution in [3.63, 3.8) is 0 Å². The Morgan fingerprint density at radius 1 is 1.14 bits per heavy atom. The van der Waals surface area contributed by atoms with Gasteiger partial charge in [0.25, 0.3) is 11.8 Å². The molecule has 3 aromatic rings. The van der Waals surface area contributed by atoms with Gasteiger partial charge in [0.15, 0.2) is 11.4 Å². The third-order valence-corrected chi connectivity index (χ3v) is 8.34. The molecule has 44 heavy (non-hydrogen) atoms. The molecule has 10 nitrogen and oxygen atoms in total. The number of aryl methyl sites for hydroxylation is 1. The largest absolute Gasteiger partial charge is 0.488 e. The normalized spacial score (nSPS) is 19.3. The Balaban J connectivity index is 1.14. The van der Waals surface area contributed by atoms with Gasteiger partial charge in [0.2, 0.25) is 5.88 Å². The summed E-state index contributed by atoms with van der Waals surface area (Å²) in [6, 6.07) is 9.70. The van der Waals surface area contributed by atoms with Crippen molar-refractivity contribution < 1.29 is 32.2 Å². The third kappa shape index (κ3) is 5.92. The Morgan fingerprint density at radius 3 is 2.64 bits per heavy atom. The third-order valence-electron chi connectivity index (χ3n) is 8.34. The highest BCUT2D eigenvalue weighted by Crippen LogP contribution is 2.50. The molecule has 0 aromatic carbocycles. The van der Waals surface area contributed by atoms with Crippen molar-refractivity contribution in [1.29, 1.82) is 0 Å². The lowest BCUT2D eigenvalue weighted by Gasteiger charge is -2.58. The van der Waals surface area contributed by atoms with Crippen molar-refractivity contribution >= 4 is 11.8 Å². The Kier molecular flexibility index (Phi) is 7.91. The first-order chi connectivity index (χ1) is 21.0. The topological polar surface area (TPSA) is 119 Å². The SMILES string of the molecule is CCOc1ncccc1-c1ccc(OC2CC3(C2)CN(C(=O)c2ccc(C)c(C(F)(F)F)n2)C3)c(C(=O)NC2CCNC2)n1. The van der Waals surface area contributed by atoms with E-state index in [1.165, 1.54) is 24.0 Å². The zero-order valence-electron chi connectivity index (χ0n) is 24.4. The molecule has 13 heteroatoms. The van der Waals surface area contributed by atoms with Crippen molar-refractivity contribution in [2.24, 2.45) is 5.41 Å². The molecule has 2 aliphatic heterocycles. The van der Waals surface area contributed by atoms with Gasteiger partial charge in [-0.25, -0.2) is 15.0 Å². The second-order valence-electron chi connectivity index (χ2n) is 11.7. The predicted molar refractivity (Wildman–Crippen MR) is 153 cm³/mol. The van der Waals surface area contributed by atoms with E-state index >= 15 is 0 Å². The molecule has 2 N–H and O–H groups in total. The van der Waals surface area contributed by atoms with Gasteiger partial charge in [0, 0.05) is 37.3 Å². The first kappa shape index (κ1) is 29.8. The fourth-order valence-electron chi connectivity index (χ4n) is 6.15. The van der Waals surface area contributed by atoms with Gasteiger partial charge in [-0.15, -0.1) is 0 Å². The van der Waals surface area contributed by atoms with Crippen LogP contribution in [-0.4, -0.2) is 76.6 Å². The van der Waals surface area contributed by atoms with Crippen LogP contribution in [0.25, 0.3) is 11.3 Å². The smallest absolute Gasteiger partial charge is 0.433 e. The van der Waals surface area contributed by atoms with E-state index in [0.29, 0.717) is 62.0 Å². The minimum Gasteiger partial charge on any atom is -0.488 e. The highest BCUT2D eigenvalue weighted by atomic mass is 19.4. The van der Waals surface area contributed by atoms with Gasteiger partial charge in [-0.3, -0.25) is 9.59 Å². The fourth-order valence-corrected chi connectivity index (χ4v) is 6.15. The maximum Gasteiger partial charge on any atom is 0.433 e. The van der Waals surface area contributed by atoms with Gasteiger partial charge in [0.1, 0.15) is 17.5 Å². The predicted octanol–water partition coefficient (Wildman–Crippen LogP) is 4.04. The van der Waals surface area contributed by atoms with E-state index in [0.717, 1.165) is 13.0 Å². The number of pyridine rings is 3. The molecule has 3 aliphatic rings. The van der Waals surface area contributed by atoms with E-state index in [9.17, 15) is 22.8 Å². The number of carbonyl (C=O) groups excluding carboxylic acids is 2. The lowest BCUT2D eigenvalue weighted by atomic mass is 9.61. The number of rotatable bonds is 8. The summed E-state index contributed by atoms with van der Waals surface area (Å²) >= 11 is 0. The van der Waals surface area contributed by atoms with Crippen LogP contribution in [-0.2, 0) is 6.18 Å². The zero-order valence-corrected chi connectivity index (χ0v) is 24.4. The Hall–Kier alpha value is -4.26. The van der Waals surface area contributed by atoms with Gasteiger partial charge in [-0.05, 0) is 75.5 Å². The lowest BCUT2D eigenvalue weighted by molar-refractivity contribution is -0.141. The van der Waals surface area contributed by atoms with Gasteiger partial charge < -0.3 is 25.0 Å². The van der Waals surface area contributed by atoms with Crippen LogP contribution in [0.1, 0.15) is 58.4 Å². The van der Waals surface area contributed by atoms with Crippen LogP contribution in [0.4, 0.5) is 13.2 Å². The van der Waals surface area contributed by atoms with Crippen molar-refractivity contribution in [3.8, 4) is 22.9 Å². The number of likely N-dealkylation sites (tertiary alicyclic amines) is 1. The number of halogens is 3. The average molecular weight is 611 g/mol. The van der Waals surface area contributed by atoms with E-state index in [2.05, 4.69) is 20.6 Å². The summed E-state index contributed by atoms with van der Waals surface area (Å²) in [6.45, 7) is 5.92. The lowest BCUT2D eigenvalue weighted by Crippen LogP contribution is -2.66. The van der Waals surface area contributed by atoms with E-state index < -0.39 is 17.8 Å². The Labute approximate surface area is 252 Å². The molecule has 232 valence electrons. The van der Waals surface area contributed by atoms with E-state index in [-0.39, 0.29) is 40.4 Å². The molecule has 2 saturated heterocycles. The molecule has 3 aromatic heterocycles. The molecular weight excluding hydrogens is 577 g/mol. The van der Waals surface area contributed by atoms with Crippen LogP contribution in [0, 0.1) is 12.3 Å². The van der Waals surface area contributed by atoms with Crippen LogP contribution in [0.15, 0.2) is 42.6 Å². The summed E-state index contributed by atoms with van der Waals surface area (Å²) in [7, 11) is 0. The number of amides is 2. The number of nitrogens with one attached hydrogen (secondary N) is 2. The number of ether oxygens (including phenoxy) is 2. The van der Waals surface area contributed by atoms with Crippen LogP contribution in [0.5, 0.6) is 11.6 Å². The van der Waals surface area contributed by atoms with Crippen LogP contribution in [0.3, 0.4) is 0 Å². The van der Waals surface area contributed by atoms with Gasteiger partial charge in [-0.1, -0.05) is 6.07 Å². The van der Waals surface area contributed by atoms with Crippen molar-refractivity contribution in [2.75, 3.05) is 32.8 Å². The van der Waals surface area contributed by atoms with Gasteiger partial charge in [-0.2, -0.15) is 13.2 Å². The summed E-state index contributed by atoms with van der Waals surface area (Å²) in [5.74, 6) is -0.0825. The fraction of sp³-hybridized carbons (Fsp3) is 0.452. The molecule has 1 atom stereocenters. The minimum absolute atomic E-state index is 0.0149. The molecule has 2 amide bonds.